The Balaban J connectivity index is 2.37. The number of nitrogens with zero attached hydrogens (tertiary/aromatic N) is 1. The summed E-state index contributed by atoms with van der Waals surface area (Å²) in [6.07, 6.45) is -1.14. The van der Waals surface area contributed by atoms with E-state index in [1.807, 2.05) is 0 Å². The van der Waals surface area contributed by atoms with E-state index in [1.54, 1.807) is 0 Å². The van der Waals surface area contributed by atoms with E-state index in [2.05, 4.69) is 0 Å². The van der Waals surface area contributed by atoms with Crippen LogP contribution in [-0.2, 0) is 4.74 Å². The van der Waals surface area contributed by atoms with E-state index in [-0.39, 0.29) is 0 Å². The zero-order chi connectivity index (χ0) is 8.27. The zero-order valence-electron chi connectivity index (χ0n) is 5.97. The highest BCUT2D eigenvalue weighted by Gasteiger charge is 2.26. The summed E-state index contributed by atoms with van der Waals surface area (Å²) in [5, 5.41) is 0. The Hall–Kier alpha value is 0.0700. The molecule has 1 fully saturated rings. The average Bonchev–Trinajstić information content (AvgIpc) is 2.03. The monoisotopic (exact) mass is 185 g/mol. The van der Waals surface area contributed by atoms with Gasteiger partial charge in [0.15, 0.2) is 0 Å². The first kappa shape index (κ1) is 9.16. The van der Waals surface area contributed by atoms with E-state index in [0.717, 1.165) is 0 Å². The van der Waals surface area contributed by atoms with Crippen molar-refractivity contribution in [3.05, 3.63) is 0 Å². The normalized spacial score (nSPS) is 34.1. The van der Waals surface area contributed by atoms with Crippen LogP contribution in [0.15, 0.2) is 0 Å². The molecule has 2 atom stereocenters. The standard InChI is InChI=1S/C6H10ClF2NO/c7-10-3-5(1-8)11-6(2-9)4-10/h5-6H,1-4H2. The number of rotatable bonds is 2. The molecule has 0 radical (unpaired) electrons. The number of morpholine rings is 1. The van der Waals surface area contributed by atoms with Gasteiger partial charge in [0.2, 0.25) is 0 Å². The van der Waals surface area contributed by atoms with Gasteiger partial charge >= 0.3 is 0 Å². The first-order valence-electron chi connectivity index (χ1n) is 3.44. The summed E-state index contributed by atoms with van der Waals surface area (Å²) in [4.78, 5) is 0. The molecule has 66 valence electrons. The number of halogens is 3. The summed E-state index contributed by atoms with van der Waals surface area (Å²) >= 11 is 5.58. The lowest BCUT2D eigenvalue weighted by molar-refractivity contribution is -0.0788. The highest BCUT2D eigenvalue weighted by molar-refractivity contribution is 6.13. The predicted octanol–water partition coefficient (Wildman–Crippen LogP) is 1.15. The van der Waals surface area contributed by atoms with Gasteiger partial charge in [0.05, 0.1) is 0 Å². The molecule has 0 bridgehead atoms. The van der Waals surface area contributed by atoms with Gasteiger partial charge in [-0.25, -0.2) is 13.2 Å². The Morgan fingerprint density at radius 3 is 2.09 bits per heavy atom. The second kappa shape index (κ2) is 4.18. The van der Waals surface area contributed by atoms with Crippen LogP contribution in [0.25, 0.3) is 0 Å². The molecule has 1 aliphatic heterocycles. The fraction of sp³-hybridized carbons (Fsp3) is 1.00. The zero-order valence-corrected chi connectivity index (χ0v) is 6.73. The lowest BCUT2D eigenvalue weighted by Gasteiger charge is -2.31. The van der Waals surface area contributed by atoms with Crippen molar-refractivity contribution in [2.75, 3.05) is 26.4 Å². The van der Waals surface area contributed by atoms with Crippen molar-refractivity contribution >= 4 is 11.8 Å². The first-order valence-corrected chi connectivity index (χ1v) is 3.78. The molecule has 0 spiro atoms. The molecule has 0 aromatic heterocycles. The second-order valence-electron chi connectivity index (χ2n) is 2.52. The summed E-state index contributed by atoms with van der Waals surface area (Å²) in [6, 6.07) is 0. The highest BCUT2D eigenvalue weighted by atomic mass is 35.5. The quantitative estimate of drug-likeness (QED) is 0.599. The molecule has 1 heterocycles. The molecule has 2 nitrogen and oxygen atoms in total. The van der Waals surface area contributed by atoms with E-state index in [9.17, 15) is 8.78 Å². The maximum atomic E-state index is 12.0. The molecule has 0 aromatic rings. The van der Waals surface area contributed by atoms with Crippen LogP contribution < -0.4 is 0 Å². The van der Waals surface area contributed by atoms with Gasteiger partial charge in [-0.2, -0.15) is 0 Å². The highest BCUT2D eigenvalue weighted by Crippen LogP contribution is 2.13. The average molecular weight is 186 g/mol. The van der Waals surface area contributed by atoms with Gasteiger partial charge in [-0.1, -0.05) is 0 Å². The summed E-state index contributed by atoms with van der Waals surface area (Å²) in [6.45, 7) is -0.567. The smallest absolute Gasteiger partial charge is 0.117 e. The van der Waals surface area contributed by atoms with E-state index >= 15 is 0 Å². The molecule has 0 amide bonds. The third-order valence-corrected chi connectivity index (χ3v) is 1.81. The molecule has 1 rings (SSSR count). The SMILES string of the molecule is FCC1CN(Cl)CC(CF)O1. The molecule has 1 aliphatic rings. The van der Waals surface area contributed by atoms with Gasteiger partial charge in [0.1, 0.15) is 25.6 Å². The fourth-order valence-electron chi connectivity index (χ4n) is 1.05. The molecule has 0 saturated carbocycles. The summed E-state index contributed by atoms with van der Waals surface area (Å²) in [5.41, 5.74) is 0. The van der Waals surface area contributed by atoms with Gasteiger partial charge in [0, 0.05) is 13.1 Å². The summed E-state index contributed by atoms with van der Waals surface area (Å²) < 4.78 is 30.4. The number of alkyl halides is 2. The van der Waals surface area contributed by atoms with Gasteiger partial charge in [-0.3, -0.25) is 0 Å². The number of hydrogen-bond donors (Lipinski definition) is 0. The Labute approximate surface area is 69.2 Å². The van der Waals surface area contributed by atoms with Crippen LogP contribution in [0.2, 0.25) is 0 Å². The van der Waals surface area contributed by atoms with Crippen LogP contribution in [0, 0.1) is 0 Å². The van der Waals surface area contributed by atoms with Gasteiger partial charge in [0.25, 0.3) is 0 Å². The van der Waals surface area contributed by atoms with E-state index in [4.69, 9.17) is 16.5 Å². The molecule has 0 aliphatic carbocycles. The molecular formula is C6H10ClF2NO. The van der Waals surface area contributed by atoms with Crippen LogP contribution in [-0.4, -0.2) is 43.1 Å². The minimum atomic E-state index is -0.611. The topological polar surface area (TPSA) is 12.5 Å². The Kier molecular flexibility index (Phi) is 3.48. The number of hydrogen-bond acceptors (Lipinski definition) is 2. The molecule has 1 saturated heterocycles. The van der Waals surface area contributed by atoms with Crippen molar-refractivity contribution in [3.63, 3.8) is 0 Å². The molecule has 5 heteroatoms. The van der Waals surface area contributed by atoms with Crippen LogP contribution in [0.1, 0.15) is 0 Å². The second-order valence-corrected chi connectivity index (χ2v) is 2.99. The van der Waals surface area contributed by atoms with Crippen molar-refractivity contribution < 1.29 is 13.5 Å². The van der Waals surface area contributed by atoms with Crippen LogP contribution in [0.5, 0.6) is 0 Å². The van der Waals surface area contributed by atoms with Gasteiger partial charge < -0.3 is 4.74 Å². The minimum absolute atomic E-state index is 0.328. The largest absolute Gasteiger partial charge is 0.367 e. The molecule has 2 unspecified atom stereocenters. The van der Waals surface area contributed by atoms with Gasteiger partial charge in [-0.05, 0) is 11.8 Å². The van der Waals surface area contributed by atoms with E-state index < -0.39 is 25.6 Å². The van der Waals surface area contributed by atoms with Crippen LogP contribution in [0.4, 0.5) is 8.78 Å². The third kappa shape index (κ3) is 2.54. The summed E-state index contributed by atoms with van der Waals surface area (Å²) in [5.74, 6) is 0. The van der Waals surface area contributed by atoms with Crippen molar-refractivity contribution in [2.45, 2.75) is 12.2 Å². The van der Waals surface area contributed by atoms with E-state index in [1.165, 1.54) is 4.42 Å². The van der Waals surface area contributed by atoms with Crippen LogP contribution >= 0.6 is 11.8 Å². The summed E-state index contributed by atoms with van der Waals surface area (Å²) in [7, 11) is 0. The molecule has 11 heavy (non-hydrogen) atoms. The van der Waals surface area contributed by atoms with Crippen molar-refractivity contribution in [3.8, 4) is 0 Å². The molecular weight excluding hydrogens is 176 g/mol. The molecule has 0 N–H and O–H groups in total. The van der Waals surface area contributed by atoms with Crippen molar-refractivity contribution in [1.82, 2.24) is 4.42 Å². The lowest BCUT2D eigenvalue weighted by atomic mass is 10.2. The molecule has 0 aromatic carbocycles. The fourth-order valence-corrected chi connectivity index (χ4v) is 1.35. The minimum Gasteiger partial charge on any atom is -0.367 e. The first-order chi connectivity index (χ1) is 5.26. The predicted molar refractivity (Wildman–Crippen MR) is 38.0 cm³/mol. The lowest BCUT2D eigenvalue weighted by Crippen LogP contribution is -2.45. The van der Waals surface area contributed by atoms with Crippen LogP contribution in [0.3, 0.4) is 0 Å². The van der Waals surface area contributed by atoms with E-state index in [0.29, 0.717) is 13.1 Å². The number of ether oxygens (including phenoxy) is 1. The van der Waals surface area contributed by atoms with Gasteiger partial charge in [-0.15, -0.1) is 0 Å². The Morgan fingerprint density at radius 1 is 1.27 bits per heavy atom. The van der Waals surface area contributed by atoms with Crippen molar-refractivity contribution in [2.24, 2.45) is 0 Å². The van der Waals surface area contributed by atoms with Crippen molar-refractivity contribution in [1.29, 1.82) is 0 Å². The maximum absolute atomic E-state index is 12.0. The Morgan fingerprint density at radius 2 is 1.73 bits per heavy atom. The third-order valence-electron chi connectivity index (χ3n) is 1.53. The Bertz CT molecular complexity index is 115. The maximum Gasteiger partial charge on any atom is 0.117 e.